The van der Waals surface area contributed by atoms with Crippen LogP contribution in [-0.2, 0) is 11.3 Å². The molecule has 0 bridgehead atoms. The largest absolute Gasteiger partial charge is 0.375 e. The Morgan fingerprint density at radius 3 is 2.53 bits per heavy atom. The average Bonchev–Trinajstić information content (AvgIpc) is 2.20. The molecule has 1 rings (SSSR count). The summed E-state index contributed by atoms with van der Waals surface area (Å²) >= 11 is 5.78. The molecule has 0 radical (unpaired) electrons. The van der Waals surface area contributed by atoms with E-state index in [0.29, 0.717) is 12.6 Å². The number of rotatable bonds is 6. The van der Waals surface area contributed by atoms with Crippen LogP contribution in [0.25, 0.3) is 0 Å². The van der Waals surface area contributed by atoms with Gasteiger partial charge in [-0.3, -0.25) is 0 Å². The molecule has 15 heavy (non-hydrogen) atoms. The van der Waals surface area contributed by atoms with Crippen LogP contribution in [0.4, 0.5) is 0 Å². The van der Waals surface area contributed by atoms with Gasteiger partial charge in [-0.1, -0.05) is 37.6 Å². The quantitative estimate of drug-likeness (QED) is 0.755. The highest BCUT2D eigenvalue weighted by atomic mass is 35.5. The summed E-state index contributed by atoms with van der Waals surface area (Å²) in [4.78, 5) is 0. The SMILES string of the molecule is CC(C)NCCOCc1ccc(Cl)cc1. The first-order valence-corrected chi connectivity index (χ1v) is 5.62. The lowest BCUT2D eigenvalue weighted by Gasteiger charge is -2.08. The van der Waals surface area contributed by atoms with E-state index >= 15 is 0 Å². The van der Waals surface area contributed by atoms with E-state index < -0.39 is 0 Å². The molecule has 0 unspecified atom stereocenters. The summed E-state index contributed by atoms with van der Waals surface area (Å²) in [5.41, 5.74) is 1.16. The summed E-state index contributed by atoms with van der Waals surface area (Å²) in [6, 6.07) is 8.25. The Morgan fingerprint density at radius 1 is 1.27 bits per heavy atom. The maximum absolute atomic E-state index is 5.78. The monoisotopic (exact) mass is 227 g/mol. The molecule has 0 fully saturated rings. The van der Waals surface area contributed by atoms with E-state index in [9.17, 15) is 0 Å². The second-order valence-corrected chi connectivity index (χ2v) is 4.22. The standard InChI is InChI=1S/C12H18ClNO/c1-10(2)14-7-8-15-9-11-3-5-12(13)6-4-11/h3-6,10,14H,7-9H2,1-2H3. The van der Waals surface area contributed by atoms with Gasteiger partial charge in [-0.05, 0) is 17.7 Å². The van der Waals surface area contributed by atoms with Crippen molar-refractivity contribution in [3.63, 3.8) is 0 Å². The predicted octanol–water partition coefficient (Wildman–Crippen LogP) is 2.85. The molecule has 0 aromatic heterocycles. The van der Waals surface area contributed by atoms with Gasteiger partial charge in [0.05, 0.1) is 13.2 Å². The molecular weight excluding hydrogens is 210 g/mol. The number of halogens is 1. The second-order valence-electron chi connectivity index (χ2n) is 3.79. The van der Waals surface area contributed by atoms with Crippen molar-refractivity contribution in [3.05, 3.63) is 34.9 Å². The van der Waals surface area contributed by atoms with Crippen molar-refractivity contribution in [2.75, 3.05) is 13.2 Å². The van der Waals surface area contributed by atoms with Gasteiger partial charge >= 0.3 is 0 Å². The maximum Gasteiger partial charge on any atom is 0.0717 e. The Balaban J connectivity index is 2.12. The zero-order chi connectivity index (χ0) is 11.1. The predicted molar refractivity (Wildman–Crippen MR) is 64.2 cm³/mol. The summed E-state index contributed by atoms with van der Waals surface area (Å²) < 4.78 is 5.50. The van der Waals surface area contributed by atoms with Gasteiger partial charge < -0.3 is 10.1 Å². The van der Waals surface area contributed by atoms with Gasteiger partial charge in [0.15, 0.2) is 0 Å². The van der Waals surface area contributed by atoms with Crippen LogP contribution < -0.4 is 5.32 Å². The lowest BCUT2D eigenvalue weighted by molar-refractivity contribution is 0.121. The number of ether oxygens (including phenoxy) is 1. The van der Waals surface area contributed by atoms with Gasteiger partial charge in [-0.15, -0.1) is 0 Å². The van der Waals surface area contributed by atoms with Crippen LogP contribution in [0.3, 0.4) is 0 Å². The number of hydrogen-bond acceptors (Lipinski definition) is 2. The van der Waals surface area contributed by atoms with Crippen molar-refractivity contribution in [2.45, 2.75) is 26.5 Å². The Bertz CT molecular complexity index is 271. The third-order valence-electron chi connectivity index (χ3n) is 1.98. The van der Waals surface area contributed by atoms with Crippen LogP contribution >= 0.6 is 11.6 Å². The van der Waals surface area contributed by atoms with E-state index in [1.807, 2.05) is 24.3 Å². The van der Waals surface area contributed by atoms with E-state index in [1.165, 1.54) is 0 Å². The number of benzene rings is 1. The molecular formula is C12H18ClNO. The normalized spacial score (nSPS) is 10.9. The Morgan fingerprint density at radius 2 is 1.93 bits per heavy atom. The highest BCUT2D eigenvalue weighted by Gasteiger charge is 1.94. The van der Waals surface area contributed by atoms with Gasteiger partial charge in [0.25, 0.3) is 0 Å². The lowest BCUT2D eigenvalue weighted by atomic mass is 10.2. The summed E-state index contributed by atoms with van der Waals surface area (Å²) in [7, 11) is 0. The molecule has 84 valence electrons. The number of hydrogen-bond donors (Lipinski definition) is 1. The zero-order valence-electron chi connectivity index (χ0n) is 9.29. The maximum atomic E-state index is 5.78. The molecule has 0 aliphatic rings. The van der Waals surface area contributed by atoms with Crippen LogP contribution in [0.1, 0.15) is 19.4 Å². The molecule has 0 amide bonds. The fraction of sp³-hybridized carbons (Fsp3) is 0.500. The summed E-state index contributed by atoms with van der Waals surface area (Å²) in [5, 5.41) is 4.06. The van der Waals surface area contributed by atoms with Crippen molar-refractivity contribution in [1.29, 1.82) is 0 Å². The lowest BCUT2D eigenvalue weighted by Crippen LogP contribution is -2.26. The van der Waals surface area contributed by atoms with Crippen LogP contribution in [0.2, 0.25) is 5.02 Å². The summed E-state index contributed by atoms with van der Waals surface area (Å²) in [5.74, 6) is 0. The Hall–Kier alpha value is -0.570. The van der Waals surface area contributed by atoms with Gasteiger partial charge in [0.1, 0.15) is 0 Å². The molecule has 0 aliphatic heterocycles. The zero-order valence-corrected chi connectivity index (χ0v) is 10.1. The van der Waals surface area contributed by atoms with Crippen molar-refractivity contribution in [1.82, 2.24) is 5.32 Å². The van der Waals surface area contributed by atoms with Gasteiger partial charge in [0.2, 0.25) is 0 Å². The Kier molecular flexibility index (Phi) is 5.69. The van der Waals surface area contributed by atoms with E-state index in [4.69, 9.17) is 16.3 Å². The van der Waals surface area contributed by atoms with Gasteiger partial charge in [-0.25, -0.2) is 0 Å². The summed E-state index contributed by atoms with van der Waals surface area (Å²) in [6.45, 7) is 6.53. The van der Waals surface area contributed by atoms with Gasteiger partial charge in [-0.2, -0.15) is 0 Å². The number of nitrogens with one attached hydrogen (secondary N) is 1. The minimum absolute atomic E-state index is 0.518. The average molecular weight is 228 g/mol. The highest BCUT2D eigenvalue weighted by molar-refractivity contribution is 6.30. The fourth-order valence-electron chi connectivity index (χ4n) is 1.19. The third kappa shape index (κ3) is 5.78. The first kappa shape index (κ1) is 12.5. The molecule has 0 aliphatic carbocycles. The fourth-order valence-corrected chi connectivity index (χ4v) is 1.32. The molecule has 3 heteroatoms. The van der Waals surface area contributed by atoms with Crippen LogP contribution in [0, 0.1) is 0 Å². The van der Waals surface area contributed by atoms with E-state index in [1.54, 1.807) is 0 Å². The topological polar surface area (TPSA) is 21.3 Å². The van der Waals surface area contributed by atoms with Crippen LogP contribution in [0.5, 0.6) is 0 Å². The van der Waals surface area contributed by atoms with Crippen molar-refractivity contribution in [2.24, 2.45) is 0 Å². The highest BCUT2D eigenvalue weighted by Crippen LogP contribution is 2.09. The van der Waals surface area contributed by atoms with Gasteiger partial charge in [0, 0.05) is 17.6 Å². The third-order valence-corrected chi connectivity index (χ3v) is 2.23. The molecule has 1 aromatic rings. The molecule has 1 aromatic carbocycles. The first-order chi connectivity index (χ1) is 7.18. The molecule has 0 atom stereocenters. The van der Waals surface area contributed by atoms with Crippen molar-refractivity contribution in [3.8, 4) is 0 Å². The van der Waals surface area contributed by atoms with Crippen molar-refractivity contribution >= 4 is 11.6 Å². The van der Waals surface area contributed by atoms with E-state index in [2.05, 4.69) is 19.2 Å². The van der Waals surface area contributed by atoms with Crippen molar-refractivity contribution < 1.29 is 4.74 Å². The Labute approximate surface area is 96.6 Å². The molecule has 0 spiro atoms. The van der Waals surface area contributed by atoms with Crippen LogP contribution in [0.15, 0.2) is 24.3 Å². The summed E-state index contributed by atoms with van der Waals surface area (Å²) in [6.07, 6.45) is 0. The first-order valence-electron chi connectivity index (χ1n) is 5.24. The molecule has 0 saturated carbocycles. The minimum atomic E-state index is 0.518. The van der Waals surface area contributed by atoms with E-state index in [0.717, 1.165) is 23.7 Å². The smallest absolute Gasteiger partial charge is 0.0717 e. The molecule has 2 nitrogen and oxygen atoms in total. The second kappa shape index (κ2) is 6.83. The molecule has 1 N–H and O–H groups in total. The minimum Gasteiger partial charge on any atom is -0.375 e. The van der Waals surface area contributed by atoms with E-state index in [-0.39, 0.29) is 0 Å². The molecule has 0 saturated heterocycles. The van der Waals surface area contributed by atoms with Crippen LogP contribution in [-0.4, -0.2) is 19.2 Å². The molecule has 0 heterocycles.